The van der Waals surface area contributed by atoms with E-state index in [0.29, 0.717) is 6.54 Å². The molecular weight excluding hydrogens is 232 g/mol. The van der Waals surface area contributed by atoms with Crippen molar-refractivity contribution in [3.05, 3.63) is 47.5 Å². The van der Waals surface area contributed by atoms with Gasteiger partial charge in [0.05, 0.1) is 5.69 Å². The van der Waals surface area contributed by atoms with E-state index in [1.165, 1.54) is 0 Å². The van der Waals surface area contributed by atoms with Crippen LogP contribution in [0, 0.1) is 6.92 Å². The molecule has 0 bridgehead atoms. The van der Waals surface area contributed by atoms with Gasteiger partial charge in [0.2, 0.25) is 0 Å². The van der Waals surface area contributed by atoms with Crippen LogP contribution in [0.2, 0.25) is 0 Å². The zero-order chi connectivity index (χ0) is 12.1. The van der Waals surface area contributed by atoms with Gasteiger partial charge in [-0.3, -0.25) is 4.98 Å². The molecule has 0 amide bonds. The summed E-state index contributed by atoms with van der Waals surface area (Å²) in [6.07, 6.45) is 5.41. The second kappa shape index (κ2) is 5.75. The first-order valence-electron chi connectivity index (χ1n) is 5.34. The Kier molecular flexibility index (Phi) is 4.06. The highest BCUT2D eigenvalue weighted by molar-refractivity contribution is 7.98. The molecule has 0 aliphatic carbocycles. The van der Waals surface area contributed by atoms with E-state index in [1.807, 2.05) is 31.5 Å². The third-order valence-corrected chi connectivity index (χ3v) is 3.22. The van der Waals surface area contributed by atoms with Gasteiger partial charge in [0.1, 0.15) is 0 Å². The standard InChI is InChI=1S/C12H14N4S/c1-9-6-15-12(16-7-9)17-8-10-3-2-4-14-11(10)5-13/h2-4,6-7H,5,8,13H2,1H3. The van der Waals surface area contributed by atoms with E-state index >= 15 is 0 Å². The fourth-order valence-electron chi connectivity index (χ4n) is 1.38. The van der Waals surface area contributed by atoms with Gasteiger partial charge in [-0.2, -0.15) is 0 Å². The first kappa shape index (κ1) is 12.0. The first-order valence-corrected chi connectivity index (χ1v) is 6.32. The van der Waals surface area contributed by atoms with Crippen molar-refractivity contribution >= 4 is 11.8 Å². The third-order valence-electron chi connectivity index (χ3n) is 2.29. The van der Waals surface area contributed by atoms with Gasteiger partial charge in [-0.15, -0.1) is 0 Å². The van der Waals surface area contributed by atoms with Crippen LogP contribution in [0.1, 0.15) is 16.8 Å². The lowest BCUT2D eigenvalue weighted by Gasteiger charge is -2.05. The smallest absolute Gasteiger partial charge is 0.187 e. The summed E-state index contributed by atoms with van der Waals surface area (Å²) in [5.41, 5.74) is 8.78. The summed E-state index contributed by atoms with van der Waals surface area (Å²) in [7, 11) is 0. The second-order valence-electron chi connectivity index (χ2n) is 3.65. The van der Waals surface area contributed by atoms with Crippen LogP contribution in [-0.2, 0) is 12.3 Å². The average molecular weight is 246 g/mol. The van der Waals surface area contributed by atoms with E-state index in [4.69, 9.17) is 5.73 Å². The fraction of sp³-hybridized carbons (Fsp3) is 0.250. The highest BCUT2D eigenvalue weighted by atomic mass is 32.2. The minimum atomic E-state index is 0.464. The van der Waals surface area contributed by atoms with E-state index in [-0.39, 0.29) is 0 Å². The number of pyridine rings is 1. The fourth-order valence-corrected chi connectivity index (χ4v) is 2.19. The quantitative estimate of drug-likeness (QED) is 0.659. The summed E-state index contributed by atoms with van der Waals surface area (Å²) in [4.78, 5) is 12.7. The molecule has 2 aromatic rings. The zero-order valence-corrected chi connectivity index (χ0v) is 10.4. The van der Waals surface area contributed by atoms with E-state index in [2.05, 4.69) is 15.0 Å². The number of hydrogen-bond acceptors (Lipinski definition) is 5. The number of aryl methyl sites for hydroxylation is 1. The van der Waals surface area contributed by atoms with Crippen molar-refractivity contribution in [2.24, 2.45) is 5.73 Å². The van der Waals surface area contributed by atoms with Gasteiger partial charge in [-0.1, -0.05) is 17.8 Å². The Hall–Kier alpha value is -1.46. The summed E-state index contributed by atoms with van der Waals surface area (Å²) in [5.74, 6) is 0.795. The van der Waals surface area contributed by atoms with Gasteiger partial charge in [0.15, 0.2) is 5.16 Å². The highest BCUT2D eigenvalue weighted by Gasteiger charge is 2.03. The molecule has 0 aliphatic heterocycles. The monoisotopic (exact) mass is 246 g/mol. The molecule has 2 heterocycles. The van der Waals surface area contributed by atoms with Crippen LogP contribution in [0.5, 0.6) is 0 Å². The molecule has 2 N–H and O–H groups in total. The van der Waals surface area contributed by atoms with Crippen molar-refractivity contribution in [2.75, 3.05) is 0 Å². The number of hydrogen-bond donors (Lipinski definition) is 1. The molecule has 88 valence electrons. The van der Waals surface area contributed by atoms with E-state index < -0.39 is 0 Å². The number of nitrogens with zero attached hydrogens (tertiary/aromatic N) is 3. The van der Waals surface area contributed by atoms with Gasteiger partial charge < -0.3 is 5.73 Å². The summed E-state index contributed by atoms with van der Waals surface area (Å²) in [6, 6.07) is 3.96. The predicted octanol–water partition coefficient (Wildman–Crippen LogP) is 1.93. The Morgan fingerprint density at radius 2 is 2.00 bits per heavy atom. The highest BCUT2D eigenvalue weighted by Crippen LogP contribution is 2.20. The lowest BCUT2D eigenvalue weighted by molar-refractivity contribution is 0.942. The molecule has 0 aliphatic rings. The summed E-state index contributed by atoms with van der Waals surface area (Å²) < 4.78 is 0. The van der Waals surface area contributed by atoms with Crippen molar-refractivity contribution in [1.29, 1.82) is 0 Å². The average Bonchev–Trinajstić information content (AvgIpc) is 2.38. The summed E-state index contributed by atoms with van der Waals surface area (Å²) in [5, 5.41) is 0.780. The van der Waals surface area contributed by atoms with Crippen molar-refractivity contribution in [1.82, 2.24) is 15.0 Å². The van der Waals surface area contributed by atoms with Crippen LogP contribution < -0.4 is 5.73 Å². The Morgan fingerprint density at radius 1 is 1.24 bits per heavy atom. The van der Waals surface area contributed by atoms with E-state index in [0.717, 1.165) is 27.7 Å². The van der Waals surface area contributed by atoms with Crippen LogP contribution in [0.3, 0.4) is 0 Å². The largest absolute Gasteiger partial charge is 0.325 e. The first-order chi connectivity index (χ1) is 8.29. The lowest BCUT2D eigenvalue weighted by Crippen LogP contribution is -2.03. The Balaban J connectivity index is 2.04. The molecule has 2 aromatic heterocycles. The Bertz CT molecular complexity index is 484. The van der Waals surface area contributed by atoms with Gasteiger partial charge >= 0.3 is 0 Å². The number of aromatic nitrogens is 3. The van der Waals surface area contributed by atoms with Crippen LogP contribution >= 0.6 is 11.8 Å². The number of rotatable bonds is 4. The van der Waals surface area contributed by atoms with Crippen molar-refractivity contribution < 1.29 is 0 Å². The van der Waals surface area contributed by atoms with Gasteiger partial charge in [0, 0.05) is 30.9 Å². The van der Waals surface area contributed by atoms with Crippen molar-refractivity contribution in [3.63, 3.8) is 0 Å². The minimum absolute atomic E-state index is 0.464. The molecular formula is C12H14N4S. The second-order valence-corrected chi connectivity index (χ2v) is 4.59. The SMILES string of the molecule is Cc1cnc(SCc2cccnc2CN)nc1. The molecule has 0 saturated heterocycles. The van der Waals surface area contributed by atoms with E-state index in [9.17, 15) is 0 Å². The molecule has 17 heavy (non-hydrogen) atoms. The van der Waals surface area contributed by atoms with Crippen molar-refractivity contribution in [2.45, 2.75) is 24.4 Å². The predicted molar refractivity (Wildman–Crippen MR) is 68.5 cm³/mol. The topological polar surface area (TPSA) is 64.7 Å². The Morgan fingerprint density at radius 3 is 2.71 bits per heavy atom. The van der Waals surface area contributed by atoms with Gasteiger partial charge in [0.25, 0.3) is 0 Å². The molecule has 0 unspecified atom stereocenters. The van der Waals surface area contributed by atoms with Crippen molar-refractivity contribution in [3.8, 4) is 0 Å². The van der Waals surface area contributed by atoms with Gasteiger partial charge in [-0.25, -0.2) is 9.97 Å². The van der Waals surface area contributed by atoms with Crippen LogP contribution in [0.15, 0.2) is 35.9 Å². The zero-order valence-electron chi connectivity index (χ0n) is 9.63. The number of thioether (sulfide) groups is 1. The summed E-state index contributed by atoms with van der Waals surface area (Å²) >= 11 is 1.59. The maximum absolute atomic E-state index is 5.64. The van der Waals surface area contributed by atoms with Crippen LogP contribution in [0.4, 0.5) is 0 Å². The Labute approximate surface area is 105 Å². The maximum atomic E-state index is 5.64. The van der Waals surface area contributed by atoms with Crippen LogP contribution in [0.25, 0.3) is 0 Å². The molecule has 5 heteroatoms. The normalized spacial score (nSPS) is 10.5. The molecule has 2 rings (SSSR count). The molecule has 4 nitrogen and oxygen atoms in total. The number of nitrogens with two attached hydrogens (primary N) is 1. The minimum Gasteiger partial charge on any atom is -0.325 e. The molecule has 0 saturated carbocycles. The molecule has 0 radical (unpaired) electrons. The molecule has 0 aromatic carbocycles. The van der Waals surface area contributed by atoms with E-state index in [1.54, 1.807) is 18.0 Å². The molecule has 0 spiro atoms. The summed E-state index contributed by atoms with van der Waals surface area (Å²) in [6.45, 7) is 2.44. The lowest BCUT2D eigenvalue weighted by atomic mass is 10.2. The third kappa shape index (κ3) is 3.25. The molecule has 0 atom stereocenters. The van der Waals surface area contributed by atoms with Gasteiger partial charge in [-0.05, 0) is 24.1 Å². The molecule has 0 fully saturated rings. The van der Waals surface area contributed by atoms with Crippen LogP contribution in [-0.4, -0.2) is 15.0 Å². The maximum Gasteiger partial charge on any atom is 0.187 e.